The van der Waals surface area contributed by atoms with Gasteiger partial charge in [-0.1, -0.05) is 13.5 Å². The molecule has 0 bridgehead atoms. The maximum Gasteiger partial charge on any atom is -0.00714 e. The van der Waals surface area contributed by atoms with Crippen LogP contribution in [0.2, 0.25) is 0 Å². The van der Waals surface area contributed by atoms with Crippen LogP contribution < -0.4 is 0 Å². The molecular formula is C9H14. The van der Waals surface area contributed by atoms with Crippen molar-refractivity contribution in [1.82, 2.24) is 0 Å². The highest BCUT2D eigenvalue weighted by Crippen LogP contribution is 2.01. The molecule has 0 nitrogen and oxygen atoms in total. The normalized spacial score (nSPS) is 7.89. The van der Waals surface area contributed by atoms with Crippen molar-refractivity contribution in [2.24, 2.45) is 0 Å². The minimum absolute atomic E-state index is 1.05. The average Bonchev–Trinajstić information content (AvgIpc) is 1.82. The molecule has 0 saturated heterocycles. The number of hydrogen-bond acceptors (Lipinski definition) is 0. The molecule has 0 rings (SSSR count). The first kappa shape index (κ1) is 8.26. The second kappa shape index (κ2) is 4.17. The van der Waals surface area contributed by atoms with Crippen LogP contribution in [0.1, 0.15) is 27.2 Å². The van der Waals surface area contributed by atoms with Gasteiger partial charge in [-0.2, -0.15) is 0 Å². The van der Waals surface area contributed by atoms with Crippen LogP contribution in [0.25, 0.3) is 0 Å². The highest BCUT2D eigenvalue weighted by Gasteiger charge is 1.82. The Labute approximate surface area is 57.6 Å². The van der Waals surface area contributed by atoms with Gasteiger partial charge in [0.05, 0.1) is 0 Å². The molecule has 0 spiro atoms. The summed E-state index contributed by atoms with van der Waals surface area (Å²) in [4.78, 5) is 0. The lowest BCUT2D eigenvalue weighted by molar-refractivity contribution is 1.22. The zero-order chi connectivity index (χ0) is 7.28. The van der Waals surface area contributed by atoms with E-state index in [2.05, 4.69) is 19.2 Å². The molecule has 0 aliphatic rings. The van der Waals surface area contributed by atoms with Crippen molar-refractivity contribution in [3.63, 3.8) is 0 Å². The third-order valence-electron chi connectivity index (χ3n) is 1.16. The van der Waals surface area contributed by atoms with Gasteiger partial charge in [-0.3, -0.25) is 0 Å². The largest absolute Gasteiger partial charge is 0.122 e. The van der Waals surface area contributed by atoms with E-state index in [0.29, 0.717) is 0 Å². The van der Waals surface area contributed by atoms with E-state index in [1.807, 2.05) is 19.9 Å². The molecule has 0 unspecified atom stereocenters. The van der Waals surface area contributed by atoms with Crippen molar-refractivity contribution in [1.29, 1.82) is 0 Å². The molecule has 0 aromatic carbocycles. The van der Waals surface area contributed by atoms with Gasteiger partial charge in [0.15, 0.2) is 0 Å². The third kappa shape index (κ3) is 3.81. The number of hydrogen-bond donors (Lipinski definition) is 0. The van der Waals surface area contributed by atoms with Gasteiger partial charge in [-0.25, -0.2) is 0 Å². The molecule has 0 saturated carbocycles. The fraction of sp³-hybridized carbons (Fsp3) is 0.444. The molecule has 0 aliphatic carbocycles. The maximum absolute atomic E-state index is 3.79. The van der Waals surface area contributed by atoms with Crippen LogP contribution in [-0.4, -0.2) is 0 Å². The van der Waals surface area contributed by atoms with E-state index >= 15 is 0 Å². The van der Waals surface area contributed by atoms with Gasteiger partial charge in [-0.05, 0) is 37.5 Å². The highest BCUT2D eigenvalue weighted by molar-refractivity contribution is 5.22. The van der Waals surface area contributed by atoms with Crippen molar-refractivity contribution in [2.75, 3.05) is 0 Å². The summed E-state index contributed by atoms with van der Waals surface area (Å²) in [6.45, 7) is 9.90. The first-order valence-electron chi connectivity index (χ1n) is 3.26. The summed E-state index contributed by atoms with van der Waals surface area (Å²) in [6, 6.07) is 0. The van der Waals surface area contributed by atoms with Crippen LogP contribution in [0.4, 0.5) is 0 Å². The lowest BCUT2D eigenvalue weighted by Gasteiger charge is -1.89. The van der Waals surface area contributed by atoms with E-state index in [-0.39, 0.29) is 0 Å². The second-order valence-electron chi connectivity index (χ2n) is 2.16. The van der Waals surface area contributed by atoms with Gasteiger partial charge in [-0.15, -0.1) is 5.73 Å². The molecule has 0 heterocycles. The molecule has 0 aromatic heterocycles. The van der Waals surface area contributed by atoms with Gasteiger partial charge in [0, 0.05) is 0 Å². The van der Waals surface area contributed by atoms with Crippen molar-refractivity contribution < 1.29 is 0 Å². The number of rotatable bonds is 2. The van der Waals surface area contributed by atoms with Crippen LogP contribution in [0, 0.1) is 0 Å². The van der Waals surface area contributed by atoms with E-state index in [1.165, 1.54) is 0 Å². The van der Waals surface area contributed by atoms with Gasteiger partial charge < -0.3 is 0 Å². The Morgan fingerprint density at radius 3 is 2.44 bits per heavy atom. The first-order valence-corrected chi connectivity index (χ1v) is 3.26. The van der Waals surface area contributed by atoms with Crippen LogP contribution >= 0.6 is 0 Å². The Hall–Kier alpha value is -0.740. The molecule has 0 amide bonds. The Bertz CT molecular complexity index is 155. The third-order valence-corrected chi connectivity index (χ3v) is 1.16. The van der Waals surface area contributed by atoms with Crippen molar-refractivity contribution in [3.8, 4) is 0 Å². The maximum atomic E-state index is 3.79. The molecule has 0 aliphatic heterocycles. The van der Waals surface area contributed by atoms with Crippen LogP contribution in [-0.2, 0) is 0 Å². The molecule has 0 radical (unpaired) electrons. The molecular weight excluding hydrogens is 108 g/mol. The molecule has 0 heteroatoms. The Balaban J connectivity index is 4.16. The first-order chi connectivity index (χ1) is 4.18. The number of allylic oxidation sites excluding steroid dienone is 2. The van der Waals surface area contributed by atoms with E-state index in [1.54, 1.807) is 0 Å². The molecule has 9 heavy (non-hydrogen) atoms. The van der Waals surface area contributed by atoms with Crippen molar-refractivity contribution >= 4 is 0 Å². The van der Waals surface area contributed by atoms with E-state index in [4.69, 9.17) is 0 Å². The standard InChI is InChI=1S/C9H14/c1-5-6-7-9(4)8(2)3/h6H,2,5H2,1,3-4H3. The molecule has 0 atom stereocenters. The fourth-order valence-corrected chi connectivity index (χ4v) is 0.378. The molecule has 50 valence electrons. The zero-order valence-electron chi connectivity index (χ0n) is 6.49. The van der Waals surface area contributed by atoms with Crippen LogP contribution in [0.15, 0.2) is 29.5 Å². The molecule has 0 fully saturated rings. The Morgan fingerprint density at radius 2 is 2.11 bits per heavy atom. The lowest BCUT2D eigenvalue weighted by Crippen LogP contribution is -1.70. The summed E-state index contributed by atoms with van der Waals surface area (Å²) in [5, 5.41) is 0. The average molecular weight is 122 g/mol. The summed E-state index contributed by atoms with van der Waals surface area (Å²) < 4.78 is 0. The van der Waals surface area contributed by atoms with Crippen LogP contribution in [0.3, 0.4) is 0 Å². The summed E-state index contributed by atoms with van der Waals surface area (Å²) >= 11 is 0. The topological polar surface area (TPSA) is 0 Å². The minimum Gasteiger partial charge on any atom is -0.122 e. The van der Waals surface area contributed by atoms with E-state index in [0.717, 1.165) is 17.6 Å². The summed E-state index contributed by atoms with van der Waals surface area (Å²) in [5.41, 5.74) is 5.37. The molecule has 0 N–H and O–H groups in total. The van der Waals surface area contributed by atoms with Gasteiger partial charge >= 0.3 is 0 Å². The highest BCUT2D eigenvalue weighted by atomic mass is 13.9. The fourth-order valence-electron chi connectivity index (χ4n) is 0.378. The second-order valence-corrected chi connectivity index (χ2v) is 2.16. The minimum atomic E-state index is 1.05. The van der Waals surface area contributed by atoms with Crippen molar-refractivity contribution in [3.05, 3.63) is 29.5 Å². The van der Waals surface area contributed by atoms with Crippen LogP contribution in [0.5, 0.6) is 0 Å². The summed E-state index contributed by atoms with van der Waals surface area (Å²) in [5.74, 6) is 0. The quantitative estimate of drug-likeness (QED) is 0.390. The van der Waals surface area contributed by atoms with E-state index in [9.17, 15) is 0 Å². The molecule has 0 aromatic rings. The predicted octanol–water partition coefficient (Wildman–Crippen LogP) is 3.07. The summed E-state index contributed by atoms with van der Waals surface area (Å²) in [6.07, 6.45) is 3.06. The Morgan fingerprint density at radius 1 is 1.56 bits per heavy atom. The lowest BCUT2D eigenvalue weighted by atomic mass is 10.2. The van der Waals surface area contributed by atoms with E-state index < -0.39 is 0 Å². The SMILES string of the molecule is C=C(C)C(C)=C=CCC. The Kier molecular flexibility index (Phi) is 3.83. The monoisotopic (exact) mass is 122 g/mol. The van der Waals surface area contributed by atoms with Crippen molar-refractivity contribution in [2.45, 2.75) is 27.2 Å². The van der Waals surface area contributed by atoms with Gasteiger partial charge in [0.1, 0.15) is 0 Å². The summed E-state index contributed by atoms with van der Waals surface area (Å²) in [7, 11) is 0. The zero-order valence-corrected chi connectivity index (χ0v) is 6.49. The van der Waals surface area contributed by atoms with Gasteiger partial charge in [0.2, 0.25) is 0 Å². The van der Waals surface area contributed by atoms with Gasteiger partial charge in [0.25, 0.3) is 0 Å². The predicted molar refractivity (Wildman–Crippen MR) is 42.4 cm³/mol. The smallest absolute Gasteiger partial charge is 0.00714 e.